The molecule has 1 aliphatic heterocycles. The lowest BCUT2D eigenvalue weighted by Gasteiger charge is -2.28. The second-order valence-electron chi connectivity index (χ2n) is 11.9. The molecule has 0 spiro atoms. The maximum atomic E-state index is 10.2. The van der Waals surface area contributed by atoms with Crippen molar-refractivity contribution in [3.63, 3.8) is 0 Å². The van der Waals surface area contributed by atoms with Gasteiger partial charge in [-0.2, -0.15) is 0 Å². The van der Waals surface area contributed by atoms with E-state index in [1.54, 1.807) is 0 Å². The summed E-state index contributed by atoms with van der Waals surface area (Å²) in [6, 6.07) is 26.0. The van der Waals surface area contributed by atoms with Gasteiger partial charge in [0.25, 0.3) is 0 Å². The Balaban J connectivity index is 0.000000227. The van der Waals surface area contributed by atoms with E-state index in [4.69, 9.17) is 0 Å². The van der Waals surface area contributed by atoms with Crippen LogP contribution < -0.4 is 10.2 Å². The van der Waals surface area contributed by atoms with E-state index >= 15 is 0 Å². The molecule has 42 heavy (non-hydrogen) atoms. The highest BCUT2D eigenvalue weighted by Gasteiger charge is 2.19. The summed E-state index contributed by atoms with van der Waals surface area (Å²) in [5.41, 5.74) is 7.79. The van der Waals surface area contributed by atoms with Gasteiger partial charge in [-0.15, -0.1) is 0 Å². The fraction of sp³-hybridized carbons (Fsp3) is 0.447. The molecule has 2 heterocycles. The van der Waals surface area contributed by atoms with E-state index in [0.29, 0.717) is 12.3 Å². The minimum absolute atomic E-state index is 0.465. The fourth-order valence-electron chi connectivity index (χ4n) is 6.41. The molecule has 5 rings (SSSR count). The number of nitrogens with one attached hydrogen (secondary N) is 1. The van der Waals surface area contributed by atoms with Gasteiger partial charge >= 0.3 is 0 Å². The number of piperidine rings is 1. The number of anilines is 2. The van der Waals surface area contributed by atoms with Crippen molar-refractivity contribution in [2.45, 2.75) is 91.5 Å². The molecule has 0 bridgehead atoms. The molecular formula is C38H51N3O. The number of rotatable bonds is 12. The Morgan fingerprint density at radius 2 is 1.64 bits per heavy atom. The van der Waals surface area contributed by atoms with Gasteiger partial charge in [-0.3, -0.25) is 4.79 Å². The van der Waals surface area contributed by atoms with Gasteiger partial charge in [0, 0.05) is 54.0 Å². The molecular weight excluding hydrogens is 514 g/mol. The third kappa shape index (κ3) is 8.27. The fourth-order valence-corrected chi connectivity index (χ4v) is 6.41. The predicted molar refractivity (Wildman–Crippen MR) is 181 cm³/mol. The molecule has 4 heteroatoms. The molecule has 1 N–H and O–H groups in total. The summed E-state index contributed by atoms with van der Waals surface area (Å²) in [6.45, 7) is 12.6. The van der Waals surface area contributed by atoms with Gasteiger partial charge in [-0.05, 0) is 86.4 Å². The van der Waals surface area contributed by atoms with Crippen LogP contribution >= 0.6 is 0 Å². The average Bonchev–Trinajstić information content (AvgIpc) is 3.39. The number of amides is 1. The van der Waals surface area contributed by atoms with E-state index in [1.807, 2.05) is 12.1 Å². The van der Waals surface area contributed by atoms with Crippen LogP contribution in [0.1, 0.15) is 94.7 Å². The first-order valence-corrected chi connectivity index (χ1v) is 16.3. The number of benzene rings is 3. The van der Waals surface area contributed by atoms with Gasteiger partial charge in [-0.25, -0.2) is 0 Å². The third-order valence-electron chi connectivity index (χ3n) is 8.86. The summed E-state index contributed by atoms with van der Waals surface area (Å²) in [7, 11) is 0. The highest BCUT2D eigenvalue weighted by molar-refractivity contribution is 5.85. The van der Waals surface area contributed by atoms with E-state index < -0.39 is 0 Å². The van der Waals surface area contributed by atoms with Crippen molar-refractivity contribution < 1.29 is 4.79 Å². The van der Waals surface area contributed by atoms with E-state index in [9.17, 15) is 4.79 Å². The molecule has 0 aliphatic carbocycles. The first-order chi connectivity index (χ1) is 20.6. The summed E-state index contributed by atoms with van der Waals surface area (Å²) in [4.78, 5) is 12.6. The van der Waals surface area contributed by atoms with Gasteiger partial charge in [0.2, 0.25) is 6.41 Å². The molecule has 4 aromatic rings. The number of para-hydroxylation sites is 1. The molecule has 4 nitrogen and oxygen atoms in total. The Labute approximate surface area is 254 Å². The van der Waals surface area contributed by atoms with Crippen LogP contribution in [0.5, 0.6) is 0 Å². The van der Waals surface area contributed by atoms with Crippen molar-refractivity contribution in [2.24, 2.45) is 5.92 Å². The minimum Gasteiger partial charge on any atom is -0.372 e. The Morgan fingerprint density at radius 3 is 2.31 bits per heavy atom. The number of fused-ring (bicyclic) bond motifs is 1. The van der Waals surface area contributed by atoms with Crippen LogP contribution in [0.25, 0.3) is 10.9 Å². The van der Waals surface area contributed by atoms with E-state index in [2.05, 4.69) is 109 Å². The van der Waals surface area contributed by atoms with Crippen molar-refractivity contribution in [3.8, 4) is 0 Å². The topological polar surface area (TPSA) is 37.3 Å². The molecule has 2 atom stereocenters. The number of unbranched alkanes of at least 4 members (excludes halogenated alkanes) is 1. The van der Waals surface area contributed by atoms with Gasteiger partial charge in [0.05, 0.1) is 0 Å². The Kier molecular flexibility index (Phi) is 12.1. The summed E-state index contributed by atoms with van der Waals surface area (Å²) in [6.07, 6.45) is 13.4. The van der Waals surface area contributed by atoms with Crippen molar-refractivity contribution in [2.75, 3.05) is 23.3 Å². The van der Waals surface area contributed by atoms with Gasteiger partial charge in [0.15, 0.2) is 0 Å². The van der Waals surface area contributed by atoms with Crippen LogP contribution in [-0.2, 0) is 11.3 Å². The molecule has 224 valence electrons. The molecule has 1 aliphatic rings. The molecule has 0 radical (unpaired) electrons. The average molecular weight is 566 g/mol. The number of aromatic nitrogens is 1. The normalized spacial score (nSPS) is 14.6. The summed E-state index contributed by atoms with van der Waals surface area (Å²) in [5, 5.41) is 4.07. The number of aryl methyl sites for hydroxylation is 1. The first kappa shape index (κ1) is 31.4. The maximum Gasteiger partial charge on any atom is 0.211 e. The summed E-state index contributed by atoms with van der Waals surface area (Å²) >= 11 is 0. The quantitative estimate of drug-likeness (QED) is 0.174. The Hall–Kier alpha value is -3.53. The zero-order valence-electron chi connectivity index (χ0n) is 26.3. The standard InChI is InChI=1S/C26H35N.C12H16N2O/c1-5-8-13-21(6-2)18-27-19-25(24-15-9-10-16-26(24)27)23(7-3)22-14-11-12-20(4)17-22;15-10-13-11-4-6-12(7-5-11)14-8-2-1-3-9-14/h9-12,14-17,19,21,23H,5-8,13,18H2,1-4H3;4-7,10H,1-3,8-9H2,(H,13,15). The molecule has 1 aromatic heterocycles. The zero-order chi connectivity index (χ0) is 29.7. The van der Waals surface area contributed by atoms with Crippen molar-refractivity contribution in [1.29, 1.82) is 0 Å². The van der Waals surface area contributed by atoms with Crippen LogP contribution in [0.3, 0.4) is 0 Å². The number of hydrogen-bond acceptors (Lipinski definition) is 2. The lowest BCUT2D eigenvalue weighted by atomic mass is 9.88. The molecule has 3 aromatic carbocycles. The number of carbonyl (C=O) groups is 1. The molecule has 1 amide bonds. The Bertz CT molecular complexity index is 1370. The van der Waals surface area contributed by atoms with Gasteiger partial charge in [0.1, 0.15) is 0 Å². The van der Waals surface area contributed by atoms with Crippen LogP contribution in [0, 0.1) is 12.8 Å². The van der Waals surface area contributed by atoms with E-state index in [0.717, 1.165) is 37.7 Å². The van der Waals surface area contributed by atoms with Crippen LogP contribution in [0.4, 0.5) is 11.4 Å². The van der Waals surface area contributed by atoms with Crippen molar-refractivity contribution in [1.82, 2.24) is 4.57 Å². The highest BCUT2D eigenvalue weighted by Crippen LogP contribution is 2.35. The second kappa shape index (κ2) is 16.2. The van der Waals surface area contributed by atoms with Gasteiger partial charge in [-0.1, -0.05) is 88.1 Å². The summed E-state index contributed by atoms with van der Waals surface area (Å²) < 4.78 is 2.53. The predicted octanol–water partition coefficient (Wildman–Crippen LogP) is 9.95. The van der Waals surface area contributed by atoms with Gasteiger partial charge < -0.3 is 14.8 Å². The van der Waals surface area contributed by atoms with Crippen molar-refractivity contribution in [3.05, 3.63) is 95.7 Å². The third-order valence-corrected chi connectivity index (χ3v) is 8.86. The first-order valence-electron chi connectivity index (χ1n) is 16.3. The molecule has 1 fully saturated rings. The van der Waals surface area contributed by atoms with Crippen LogP contribution in [0.2, 0.25) is 0 Å². The minimum atomic E-state index is 0.465. The van der Waals surface area contributed by atoms with Crippen LogP contribution in [-0.4, -0.2) is 24.1 Å². The lowest BCUT2D eigenvalue weighted by molar-refractivity contribution is -0.105. The number of nitrogens with zero attached hydrogens (tertiary/aromatic N) is 2. The smallest absolute Gasteiger partial charge is 0.211 e. The Morgan fingerprint density at radius 1 is 0.881 bits per heavy atom. The zero-order valence-corrected chi connectivity index (χ0v) is 26.3. The highest BCUT2D eigenvalue weighted by atomic mass is 16.1. The lowest BCUT2D eigenvalue weighted by Crippen LogP contribution is -2.29. The second-order valence-corrected chi connectivity index (χ2v) is 11.9. The maximum absolute atomic E-state index is 10.2. The molecule has 1 saturated heterocycles. The van der Waals surface area contributed by atoms with Crippen molar-refractivity contribution >= 4 is 28.7 Å². The van der Waals surface area contributed by atoms with E-state index in [1.165, 1.54) is 78.2 Å². The SMILES string of the molecule is CCCCC(CC)Cn1cc(C(CC)c2cccc(C)c2)c2ccccc21.O=CNc1ccc(N2CCCCC2)cc1. The van der Waals surface area contributed by atoms with Crippen LogP contribution in [0.15, 0.2) is 79.0 Å². The molecule has 0 saturated carbocycles. The largest absolute Gasteiger partial charge is 0.372 e. The molecule has 2 unspecified atom stereocenters. The monoisotopic (exact) mass is 565 g/mol. The number of hydrogen-bond donors (Lipinski definition) is 1. The summed E-state index contributed by atoms with van der Waals surface area (Å²) in [5.74, 6) is 1.24. The van der Waals surface area contributed by atoms with E-state index in [-0.39, 0.29) is 0 Å². The number of carbonyl (C=O) groups excluding carboxylic acids is 1.